The van der Waals surface area contributed by atoms with E-state index in [1.807, 2.05) is 5.32 Å². The maximum absolute atomic E-state index is 12.3. The van der Waals surface area contributed by atoms with Crippen LogP contribution in [0.2, 0.25) is 0 Å². The van der Waals surface area contributed by atoms with Crippen LogP contribution in [-0.4, -0.2) is 49.3 Å². The number of hydrogen-bond acceptors (Lipinski definition) is 9. The number of rotatable bonds is 6. The molecule has 0 unspecified atom stereocenters. The summed E-state index contributed by atoms with van der Waals surface area (Å²) in [6.07, 6.45) is -4.45. The zero-order chi connectivity index (χ0) is 18.8. The number of carbonyl (C=O) groups is 1. The summed E-state index contributed by atoms with van der Waals surface area (Å²) in [6.45, 7) is 0.00301. The lowest BCUT2D eigenvalue weighted by Gasteiger charge is -2.09. The van der Waals surface area contributed by atoms with Gasteiger partial charge in [-0.1, -0.05) is 11.3 Å². The summed E-state index contributed by atoms with van der Waals surface area (Å²) in [5.41, 5.74) is 0.202. The predicted molar refractivity (Wildman–Crippen MR) is 86.5 cm³/mol. The Morgan fingerprint density at radius 2 is 2.04 bits per heavy atom. The van der Waals surface area contributed by atoms with Gasteiger partial charge in [0.2, 0.25) is 25.2 Å². The van der Waals surface area contributed by atoms with Gasteiger partial charge in [0.25, 0.3) is 0 Å². The van der Waals surface area contributed by atoms with Gasteiger partial charge in [0, 0.05) is 19.4 Å². The van der Waals surface area contributed by atoms with Crippen LogP contribution in [0.5, 0.6) is 0 Å². The minimum Gasteiger partial charge on any atom is -0.351 e. The molecule has 8 nitrogen and oxygen atoms in total. The molecule has 0 fully saturated rings. The van der Waals surface area contributed by atoms with Crippen LogP contribution in [-0.2, 0) is 20.4 Å². The molecule has 0 bridgehead atoms. The fourth-order valence-corrected chi connectivity index (χ4v) is 4.65. The molecule has 0 atom stereocenters. The van der Waals surface area contributed by atoms with Gasteiger partial charge in [-0.3, -0.25) is 9.69 Å². The Morgan fingerprint density at radius 3 is 2.64 bits per heavy atom. The highest BCUT2D eigenvalue weighted by atomic mass is 32.2. The van der Waals surface area contributed by atoms with Crippen molar-refractivity contribution in [3.63, 3.8) is 0 Å². The van der Waals surface area contributed by atoms with Gasteiger partial charge in [0.1, 0.15) is 12.3 Å². The van der Waals surface area contributed by atoms with E-state index in [1.54, 1.807) is 0 Å². The van der Waals surface area contributed by atoms with Gasteiger partial charge in [-0.25, -0.2) is 13.4 Å². The first-order valence-electron chi connectivity index (χ1n) is 6.53. The number of halogens is 3. The number of aromatic nitrogens is 3. The molecule has 2 heterocycles. The van der Waals surface area contributed by atoms with Gasteiger partial charge in [0.15, 0.2) is 5.13 Å². The fraction of sp³-hybridized carbons (Fsp3) is 0.455. The van der Waals surface area contributed by atoms with Crippen LogP contribution in [0.4, 0.5) is 23.4 Å². The second kappa shape index (κ2) is 7.21. The van der Waals surface area contributed by atoms with Gasteiger partial charge in [-0.05, 0) is 0 Å². The zero-order valence-corrected chi connectivity index (χ0v) is 15.3. The van der Waals surface area contributed by atoms with Crippen LogP contribution in [0.1, 0.15) is 12.6 Å². The molecule has 0 aliphatic heterocycles. The third-order valence-corrected chi connectivity index (χ3v) is 6.69. The maximum atomic E-state index is 12.3. The monoisotopic (exact) mass is 415 g/mol. The highest BCUT2D eigenvalue weighted by Crippen LogP contribution is 2.26. The van der Waals surface area contributed by atoms with Crippen molar-refractivity contribution in [1.82, 2.24) is 15.2 Å². The molecule has 1 N–H and O–H groups in total. The highest BCUT2D eigenvalue weighted by Gasteiger charge is 2.28. The van der Waals surface area contributed by atoms with E-state index >= 15 is 0 Å². The molecular weight excluding hydrogens is 403 g/mol. The number of thiazole rings is 1. The second-order valence-electron chi connectivity index (χ2n) is 4.80. The Labute approximate surface area is 148 Å². The van der Waals surface area contributed by atoms with E-state index in [2.05, 4.69) is 15.2 Å². The van der Waals surface area contributed by atoms with Crippen molar-refractivity contribution in [1.29, 1.82) is 0 Å². The van der Waals surface area contributed by atoms with Crippen molar-refractivity contribution in [3.8, 4) is 0 Å². The first kappa shape index (κ1) is 19.5. The minimum atomic E-state index is -4.45. The summed E-state index contributed by atoms with van der Waals surface area (Å²) in [7, 11) is -2.41. The molecule has 2 aromatic heterocycles. The van der Waals surface area contributed by atoms with Gasteiger partial charge >= 0.3 is 6.18 Å². The predicted octanol–water partition coefficient (Wildman–Crippen LogP) is 1.93. The lowest BCUT2D eigenvalue weighted by Crippen LogP contribution is -2.22. The molecule has 25 heavy (non-hydrogen) atoms. The number of nitrogens with zero attached hydrogens (tertiary/aromatic N) is 4. The van der Waals surface area contributed by atoms with Gasteiger partial charge in [-0.15, -0.1) is 21.5 Å². The zero-order valence-electron chi connectivity index (χ0n) is 12.9. The number of carbonyl (C=O) groups excluding carboxylic acids is 1. The Hall–Kier alpha value is -1.80. The summed E-state index contributed by atoms with van der Waals surface area (Å²) >= 11 is 1.61. The van der Waals surface area contributed by atoms with E-state index in [0.29, 0.717) is 16.5 Å². The molecule has 2 rings (SSSR count). The molecule has 0 aromatic carbocycles. The second-order valence-corrected chi connectivity index (χ2v) is 8.78. The highest BCUT2D eigenvalue weighted by molar-refractivity contribution is 7.92. The molecule has 2 aromatic rings. The average molecular weight is 415 g/mol. The number of hydrogen-bond donors (Lipinski definition) is 1. The molecule has 14 heteroatoms. The Kier molecular flexibility index (Phi) is 5.63. The van der Waals surface area contributed by atoms with Crippen molar-refractivity contribution in [2.75, 3.05) is 23.8 Å². The molecule has 0 saturated heterocycles. The van der Waals surface area contributed by atoms with Crippen LogP contribution in [0.15, 0.2) is 9.72 Å². The van der Waals surface area contributed by atoms with Gasteiger partial charge in [0.05, 0.1) is 5.69 Å². The van der Waals surface area contributed by atoms with Gasteiger partial charge in [-0.2, -0.15) is 13.2 Å². The van der Waals surface area contributed by atoms with Crippen molar-refractivity contribution < 1.29 is 26.4 Å². The van der Waals surface area contributed by atoms with Crippen LogP contribution in [0, 0.1) is 0 Å². The van der Waals surface area contributed by atoms with E-state index in [-0.39, 0.29) is 16.7 Å². The van der Waals surface area contributed by atoms with E-state index in [4.69, 9.17) is 0 Å². The SMILES string of the molecule is CC(=O)N(C)c1nc(CS(=O)(=O)c2nnc(NCC(F)(F)F)s2)cs1. The summed E-state index contributed by atoms with van der Waals surface area (Å²) in [4.78, 5) is 16.6. The van der Waals surface area contributed by atoms with E-state index < -0.39 is 32.7 Å². The van der Waals surface area contributed by atoms with E-state index in [9.17, 15) is 26.4 Å². The van der Waals surface area contributed by atoms with Crippen molar-refractivity contribution in [2.24, 2.45) is 0 Å². The van der Waals surface area contributed by atoms with Gasteiger partial charge < -0.3 is 5.32 Å². The third-order valence-electron chi connectivity index (χ3n) is 2.75. The van der Waals surface area contributed by atoms with Crippen LogP contribution < -0.4 is 10.2 Å². The first-order valence-corrected chi connectivity index (χ1v) is 9.88. The number of anilines is 2. The number of alkyl halides is 3. The number of nitrogens with one attached hydrogen (secondary N) is 1. The number of amides is 1. The van der Waals surface area contributed by atoms with E-state index in [0.717, 1.165) is 11.3 Å². The topological polar surface area (TPSA) is 105 Å². The Balaban J connectivity index is 2.09. The summed E-state index contributed by atoms with van der Waals surface area (Å²) in [5, 5.41) is 10.4. The average Bonchev–Trinajstić information content (AvgIpc) is 3.12. The molecule has 0 aliphatic rings. The minimum absolute atomic E-state index is 0.202. The number of sulfone groups is 1. The van der Waals surface area contributed by atoms with Crippen molar-refractivity contribution in [2.45, 2.75) is 23.2 Å². The fourth-order valence-electron chi connectivity index (χ4n) is 1.49. The normalized spacial score (nSPS) is 12.2. The molecule has 0 spiro atoms. The van der Waals surface area contributed by atoms with Crippen LogP contribution >= 0.6 is 22.7 Å². The summed E-state index contributed by atoms with van der Waals surface area (Å²) in [6, 6.07) is 0. The smallest absolute Gasteiger partial charge is 0.351 e. The molecule has 0 aliphatic carbocycles. The lowest BCUT2D eigenvalue weighted by atomic mass is 10.6. The molecule has 0 saturated carbocycles. The summed E-state index contributed by atoms with van der Waals surface area (Å²) in [5.74, 6) is -0.753. The quantitative estimate of drug-likeness (QED) is 0.768. The molecule has 0 radical (unpaired) electrons. The third kappa shape index (κ3) is 5.34. The molecule has 1 amide bonds. The van der Waals surface area contributed by atoms with Crippen molar-refractivity contribution in [3.05, 3.63) is 11.1 Å². The van der Waals surface area contributed by atoms with Crippen LogP contribution in [0.25, 0.3) is 0 Å². The Morgan fingerprint density at radius 1 is 1.36 bits per heavy atom. The molecule has 138 valence electrons. The van der Waals surface area contributed by atoms with E-state index in [1.165, 1.54) is 24.3 Å². The maximum Gasteiger partial charge on any atom is 0.405 e. The standard InChI is InChI=1S/C11H12F3N5O3S3/c1-6(20)19(2)9-16-7(3-23-9)4-25(21,22)10-18-17-8(24-10)15-5-11(12,13)14/h3H,4-5H2,1-2H3,(H,15,17). The molecular formula is C11H12F3N5O3S3. The largest absolute Gasteiger partial charge is 0.405 e. The summed E-state index contributed by atoms with van der Waals surface area (Å²) < 4.78 is 60.5. The Bertz CT molecular complexity index is 862. The first-order chi connectivity index (χ1) is 11.5. The lowest BCUT2D eigenvalue weighted by molar-refractivity contribution is -0.116. The van der Waals surface area contributed by atoms with Crippen molar-refractivity contribution >= 4 is 48.7 Å². The van der Waals surface area contributed by atoms with Crippen LogP contribution in [0.3, 0.4) is 0 Å².